The number of hydrogen-bond acceptors (Lipinski definition) is 9. The Bertz CT molecular complexity index is 1200. The average Bonchev–Trinajstić information content (AvgIpc) is 3.54. The van der Waals surface area contributed by atoms with E-state index in [1.807, 2.05) is 0 Å². The number of rotatable bonds is 13. The second-order valence-corrected chi connectivity index (χ2v) is 16.4. The maximum Gasteiger partial charge on any atom is 0.262 e. The van der Waals surface area contributed by atoms with Crippen molar-refractivity contribution >= 4 is 33.0 Å². The Balaban J connectivity index is 1.51. The topological polar surface area (TPSA) is 139 Å². The molecule has 10 nitrogen and oxygen atoms in total. The average molecular weight is 611 g/mol. The normalized spacial score (nSPS) is 20.1. The van der Waals surface area contributed by atoms with E-state index < -0.39 is 45.2 Å². The molecule has 2 fully saturated rings. The zero-order valence-corrected chi connectivity index (χ0v) is 26.1. The zero-order chi connectivity index (χ0) is 29.8. The molecule has 41 heavy (non-hydrogen) atoms. The van der Waals surface area contributed by atoms with E-state index in [-0.39, 0.29) is 23.6 Å². The molecule has 0 radical (unpaired) electrons. The molecule has 0 unspecified atom stereocenters. The molecule has 4 rings (SSSR count). The molecule has 230 valence electrons. The van der Waals surface area contributed by atoms with Gasteiger partial charge in [0, 0.05) is 37.4 Å². The predicted molar refractivity (Wildman–Crippen MR) is 160 cm³/mol. The van der Waals surface area contributed by atoms with Crippen molar-refractivity contribution in [2.75, 3.05) is 26.4 Å². The lowest BCUT2D eigenvalue weighted by Crippen LogP contribution is -2.49. The van der Waals surface area contributed by atoms with Crippen molar-refractivity contribution < 1.29 is 28.2 Å². The molecular weight excluding hydrogens is 564 g/mol. The number of sulfone groups is 1. The minimum atomic E-state index is -3.52. The van der Waals surface area contributed by atoms with Crippen LogP contribution in [0.3, 0.4) is 0 Å². The number of hydrogen-bond donors (Lipinski definition) is 4. The number of aliphatic hydroxyl groups is 2. The molecule has 2 amide bonds. The summed E-state index contributed by atoms with van der Waals surface area (Å²) in [5, 5.41) is 26.2. The summed E-state index contributed by atoms with van der Waals surface area (Å²) in [6.45, 7) is 6.03. The SMILES string of the molecule is CC(C)(C)S(=O)(=O)Cc1ccsc1C(=O)N[C@@H](CC1=CN(CC2CCCCC2)CN1C1CC1)C(=O)NC[C@@H](O)CO. The van der Waals surface area contributed by atoms with Crippen molar-refractivity contribution in [2.24, 2.45) is 5.92 Å². The van der Waals surface area contributed by atoms with Crippen LogP contribution < -0.4 is 10.6 Å². The summed E-state index contributed by atoms with van der Waals surface area (Å²) in [6, 6.07) is 1.14. The second-order valence-electron chi connectivity index (χ2n) is 12.7. The van der Waals surface area contributed by atoms with Gasteiger partial charge in [-0.3, -0.25) is 9.59 Å². The third-order valence-corrected chi connectivity index (χ3v) is 11.7. The van der Waals surface area contributed by atoms with Gasteiger partial charge in [-0.2, -0.15) is 0 Å². The van der Waals surface area contributed by atoms with Gasteiger partial charge in [0.1, 0.15) is 6.04 Å². The number of nitrogens with zero attached hydrogens (tertiary/aromatic N) is 2. The first-order valence-corrected chi connectivity index (χ1v) is 17.3. The Morgan fingerprint density at radius 1 is 1.15 bits per heavy atom. The first kappa shape index (κ1) is 31.8. The van der Waals surface area contributed by atoms with Crippen molar-refractivity contribution in [3.63, 3.8) is 0 Å². The van der Waals surface area contributed by atoms with E-state index in [2.05, 4.69) is 26.6 Å². The molecule has 2 aliphatic carbocycles. The molecule has 1 aliphatic heterocycles. The summed E-state index contributed by atoms with van der Waals surface area (Å²) in [6.07, 6.45) is 9.83. The Kier molecular flexibility index (Phi) is 10.4. The fraction of sp³-hybridized carbons (Fsp3) is 0.724. The van der Waals surface area contributed by atoms with Crippen molar-refractivity contribution in [2.45, 2.75) is 101 Å². The maximum absolute atomic E-state index is 13.5. The number of thiophene rings is 1. The van der Waals surface area contributed by atoms with E-state index in [1.54, 1.807) is 32.2 Å². The number of carbonyl (C=O) groups excluding carboxylic acids is 2. The molecule has 1 aromatic rings. The van der Waals surface area contributed by atoms with Gasteiger partial charge < -0.3 is 30.6 Å². The Labute approximate surface area is 248 Å². The Morgan fingerprint density at radius 3 is 2.49 bits per heavy atom. The van der Waals surface area contributed by atoms with Crippen LogP contribution in [-0.2, 0) is 20.4 Å². The van der Waals surface area contributed by atoms with Crippen LogP contribution >= 0.6 is 11.3 Å². The van der Waals surface area contributed by atoms with Crippen LogP contribution in [0.15, 0.2) is 23.3 Å². The molecule has 0 saturated heterocycles. The van der Waals surface area contributed by atoms with Crippen LogP contribution in [0.2, 0.25) is 0 Å². The van der Waals surface area contributed by atoms with Gasteiger partial charge >= 0.3 is 0 Å². The van der Waals surface area contributed by atoms with Gasteiger partial charge in [0.2, 0.25) is 5.91 Å². The quantitative estimate of drug-likeness (QED) is 0.267. The first-order chi connectivity index (χ1) is 19.4. The van der Waals surface area contributed by atoms with Crippen molar-refractivity contribution in [1.82, 2.24) is 20.4 Å². The smallest absolute Gasteiger partial charge is 0.262 e. The summed E-state index contributed by atoms with van der Waals surface area (Å²) in [7, 11) is -3.52. The number of amides is 2. The Hall–Kier alpha value is -2.15. The van der Waals surface area contributed by atoms with Crippen LogP contribution in [-0.4, -0.2) is 89.5 Å². The fourth-order valence-corrected chi connectivity index (χ4v) is 7.45. The lowest BCUT2D eigenvalue weighted by Gasteiger charge is -2.29. The molecule has 3 aliphatic rings. The largest absolute Gasteiger partial charge is 0.394 e. The van der Waals surface area contributed by atoms with Gasteiger partial charge in [-0.15, -0.1) is 11.3 Å². The standard InChI is InChI=1S/C29H46N4O6S2/c1-29(2,3)41(38,39)18-21-11-12-40-26(21)28(37)31-25(27(36)30-14-24(35)17-34)13-23-16-32(19-33(23)22-9-10-22)15-20-7-5-4-6-8-20/h11-12,16,20,22,24-25,34-35H,4-10,13-15,17-19H2,1-3H3,(H,30,36)(H,31,37)/t24-,25+/m1/s1. The zero-order valence-electron chi connectivity index (χ0n) is 24.5. The lowest BCUT2D eigenvalue weighted by molar-refractivity contribution is -0.123. The van der Waals surface area contributed by atoms with Gasteiger partial charge in [-0.1, -0.05) is 19.3 Å². The number of carbonyl (C=O) groups is 2. The molecule has 12 heteroatoms. The van der Waals surface area contributed by atoms with Crippen molar-refractivity contribution in [1.29, 1.82) is 0 Å². The van der Waals surface area contributed by atoms with Crippen LogP contribution in [0.1, 0.15) is 87.4 Å². The van der Waals surface area contributed by atoms with Gasteiger partial charge in [-0.05, 0) is 69.4 Å². The molecule has 1 aromatic heterocycles. The molecule has 0 bridgehead atoms. The van der Waals surface area contributed by atoms with E-state index in [0.29, 0.717) is 17.5 Å². The van der Waals surface area contributed by atoms with Gasteiger partial charge in [0.25, 0.3) is 5.91 Å². The monoisotopic (exact) mass is 610 g/mol. The van der Waals surface area contributed by atoms with Gasteiger partial charge in [0.05, 0.1) is 34.8 Å². The van der Waals surface area contributed by atoms with E-state index in [9.17, 15) is 28.2 Å². The van der Waals surface area contributed by atoms with E-state index in [1.165, 1.54) is 32.1 Å². The summed E-state index contributed by atoms with van der Waals surface area (Å²) < 4.78 is 24.7. The van der Waals surface area contributed by atoms with E-state index >= 15 is 0 Å². The van der Waals surface area contributed by atoms with Crippen LogP contribution in [0.4, 0.5) is 0 Å². The minimum absolute atomic E-state index is 0.144. The van der Waals surface area contributed by atoms with Crippen molar-refractivity contribution in [3.8, 4) is 0 Å². The predicted octanol–water partition coefficient (Wildman–Crippen LogP) is 2.58. The van der Waals surface area contributed by atoms with Crippen LogP contribution in [0.25, 0.3) is 0 Å². The van der Waals surface area contributed by atoms with Crippen molar-refractivity contribution in [3.05, 3.63) is 33.8 Å². The molecule has 0 spiro atoms. The maximum atomic E-state index is 13.5. The molecule has 4 N–H and O–H groups in total. The summed E-state index contributed by atoms with van der Waals surface area (Å²) in [4.78, 5) is 31.8. The summed E-state index contributed by atoms with van der Waals surface area (Å²) >= 11 is 1.15. The molecule has 0 aromatic carbocycles. The first-order valence-electron chi connectivity index (χ1n) is 14.8. The van der Waals surface area contributed by atoms with E-state index in [4.69, 9.17) is 0 Å². The minimum Gasteiger partial charge on any atom is -0.394 e. The van der Waals surface area contributed by atoms with Gasteiger partial charge in [0.15, 0.2) is 9.84 Å². The van der Waals surface area contributed by atoms with Crippen LogP contribution in [0, 0.1) is 5.92 Å². The third kappa shape index (κ3) is 8.46. The lowest BCUT2D eigenvalue weighted by atomic mass is 9.89. The summed E-state index contributed by atoms with van der Waals surface area (Å²) in [5.74, 6) is -0.564. The number of aliphatic hydroxyl groups excluding tert-OH is 2. The highest BCUT2D eigenvalue weighted by molar-refractivity contribution is 7.92. The highest BCUT2D eigenvalue weighted by Crippen LogP contribution is 2.36. The number of nitrogens with one attached hydrogen (secondary N) is 2. The second kappa shape index (κ2) is 13.4. The van der Waals surface area contributed by atoms with Gasteiger partial charge in [-0.25, -0.2) is 8.42 Å². The fourth-order valence-electron chi connectivity index (χ4n) is 5.45. The summed E-state index contributed by atoms with van der Waals surface area (Å²) in [5.41, 5.74) is 1.41. The molecule has 2 heterocycles. The highest BCUT2D eigenvalue weighted by Gasteiger charge is 2.38. The highest BCUT2D eigenvalue weighted by atomic mass is 32.2. The Morgan fingerprint density at radius 2 is 1.85 bits per heavy atom. The molecule has 2 saturated carbocycles. The van der Waals surface area contributed by atoms with Crippen LogP contribution in [0.5, 0.6) is 0 Å². The molecule has 2 atom stereocenters. The molecular formula is C29H46N4O6S2. The third-order valence-electron chi connectivity index (χ3n) is 8.23. The van der Waals surface area contributed by atoms with E-state index in [0.717, 1.165) is 43.1 Å².